The Kier molecular flexibility index (Phi) is 3.68. The Labute approximate surface area is 90.2 Å². The zero-order valence-electron chi connectivity index (χ0n) is 7.49. The van der Waals surface area contributed by atoms with Gasteiger partial charge in [0.25, 0.3) is 0 Å². The molecule has 0 aromatic heterocycles. The van der Waals surface area contributed by atoms with Crippen LogP contribution in [0, 0.1) is 0 Å². The molecule has 74 valence electrons. The molecule has 1 rings (SSSR count). The summed E-state index contributed by atoms with van der Waals surface area (Å²) in [7, 11) is -1.56. The van der Waals surface area contributed by atoms with Gasteiger partial charge in [0.2, 0.25) is 5.91 Å². The summed E-state index contributed by atoms with van der Waals surface area (Å²) in [4.78, 5) is 10.7. The first-order chi connectivity index (χ1) is 6.50. The second-order valence-corrected chi connectivity index (χ2v) is 3.65. The van der Waals surface area contributed by atoms with Crippen LogP contribution in [0.5, 0.6) is 0 Å². The highest BCUT2D eigenvalue weighted by Gasteiger charge is 2.15. The van der Waals surface area contributed by atoms with Crippen LogP contribution in [0.1, 0.15) is 6.92 Å². The summed E-state index contributed by atoms with van der Waals surface area (Å²) in [5, 5.41) is 20.5. The number of hydrogen-bond acceptors (Lipinski definition) is 3. The third-order valence-corrected chi connectivity index (χ3v) is 2.32. The van der Waals surface area contributed by atoms with E-state index in [0.717, 1.165) is 0 Å². The van der Waals surface area contributed by atoms with Gasteiger partial charge in [-0.05, 0) is 23.7 Å². The van der Waals surface area contributed by atoms with Crippen molar-refractivity contribution < 1.29 is 14.8 Å². The zero-order chi connectivity index (χ0) is 10.7. The average Bonchev–Trinajstić information content (AvgIpc) is 2.07. The number of nitrogens with one attached hydrogen (secondary N) is 1. The first-order valence-corrected chi connectivity index (χ1v) is 4.73. The van der Waals surface area contributed by atoms with E-state index < -0.39 is 7.12 Å². The zero-order valence-corrected chi connectivity index (χ0v) is 9.08. The van der Waals surface area contributed by atoms with E-state index in [1.54, 1.807) is 12.1 Å². The van der Waals surface area contributed by atoms with Crippen molar-refractivity contribution in [3.63, 3.8) is 0 Å². The molecule has 6 heteroatoms. The van der Waals surface area contributed by atoms with E-state index in [2.05, 4.69) is 21.2 Å². The predicted molar refractivity (Wildman–Crippen MR) is 58.3 cm³/mol. The van der Waals surface area contributed by atoms with Crippen LogP contribution in [0.4, 0.5) is 5.69 Å². The smallest absolute Gasteiger partial charge is 0.423 e. The van der Waals surface area contributed by atoms with Crippen molar-refractivity contribution in [1.82, 2.24) is 0 Å². The molecule has 1 aromatic rings. The van der Waals surface area contributed by atoms with Crippen LogP contribution in [0.3, 0.4) is 0 Å². The van der Waals surface area contributed by atoms with E-state index in [4.69, 9.17) is 10.0 Å². The summed E-state index contributed by atoms with van der Waals surface area (Å²) in [6.45, 7) is 1.39. The van der Waals surface area contributed by atoms with E-state index in [0.29, 0.717) is 15.6 Å². The third-order valence-electron chi connectivity index (χ3n) is 1.59. The van der Waals surface area contributed by atoms with Crippen molar-refractivity contribution in [3.05, 3.63) is 22.7 Å². The number of amides is 1. The van der Waals surface area contributed by atoms with Crippen molar-refractivity contribution >= 4 is 40.1 Å². The number of benzene rings is 1. The first kappa shape index (κ1) is 11.2. The minimum Gasteiger partial charge on any atom is -0.423 e. The average molecular weight is 258 g/mol. The number of halogens is 1. The van der Waals surface area contributed by atoms with Crippen molar-refractivity contribution in [2.45, 2.75) is 6.92 Å². The van der Waals surface area contributed by atoms with Gasteiger partial charge in [-0.3, -0.25) is 4.79 Å². The molecule has 1 aromatic carbocycles. The normalized spacial score (nSPS) is 9.71. The van der Waals surface area contributed by atoms with E-state index in [1.807, 2.05) is 0 Å². The second-order valence-electron chi connectivity index (χ2n) is 2.79. The molecule has 0 spiro atoms. The van der Waals surface area contributed by atoms with Gasteiger partial charge in [-0.2, -0.15) is 0 Å². The fraction of sp³-hybridized carbons (Fsp3) is 0.125. The van der Waals surface area contributed by atoms with Gasteiger partial charge >= 0.3 is 7.12 Å². The molecule has 0 fully saturated rings. The Bertz CT molecular complexity index is 356. The van der Waals surface area contributed by atoms with Gasteiger partial charge in [-0.1, -0.05) is 15.9 Å². The van der Waals surface area contributed by atoms with E-state index in [9.17, 15) is 4.79 Å². The molecule has 0 unspecified atom stereocenters. The quantitative estimate of drug-likeness (QED) is 0.658. The monoisotopic (exact) mass is 257 g/mol. The molecule has 0 atom stereocenters. The van der Waals surface area contributed by atoms with Gasteiger partial charge in [0.15, 0.2) is 0 Å². The Morgan fingerprint density at radius 1 is 1.50 bits per heavy atom. The lowest BCUT2D eigenvalue weighted by Crippen LogP contribution is -2.31. The summed E-state index contributed by atoms with van der Waals surface area (Å²) in [6, 6.07) is 4.80. The highest BCUT2D eigenvalue weighted by molar-refractivity contribution is 9.10. The number of rotatable bonds is 2. The predicted octanol–water partition coefficient (Wildman–Crippen LogP) is 0.0873. The maximum atomic E-state index is 10.7. The summed E-state index contributed by atoms with van der Waals surface area (Å²) in [6.07, 6.45) is 0. The van der Waals surface area contributed by atoms with Crippen LogP contribution in [-0.2, 0) is 4.79 Å². The first-order valence-electron chi connectivity index (χ1n) is 3.94. The summed E-state index contributed by atoms with van der Waals surface area (Å²) < 4.78 is 0.585. The number of hydrogen-bond donors (Lipinski definition) is 3. The molecule has 0 aliphatic rings. The van der Waals surface area contributed by atoms with Crippen LogP contribution in [0.25, 0.3) is 0 Å². The third kappa shape index (κ3) is 2.83. The minimum atomic E-state index is -1.56. The molecule has 14 heavy (non-hydrogen) atoms. The van der Waals surface area contributed by atoms with Crippen molar-refractivity contribution in [1.29, 1.82) is 0 Å². The van der Waals surface area contributed by atoms with Gasteiger partial charge in [0.1, 0.15) is 0 Å². The van der Waals surface area contributed by atoms with Crippen LogP contribution >= 0.6 is 15.9 Å². The van der Waals surface area contributed by atoms with E-state index in [1.165, 1.54) is 13.0 Å². The van der Waals surface area contributed by atoms with Gasteiger partial charge in [0, 0.05) is 17.1 Å². The largest absolute Gasteiger partial charge is 0.489 e. The number of carbonyl (C=O) groups excluding carboxylic acids is 1. The van der Waals surface area contributed by atoms with E-state index >= 15 is 0 Å². The molecule has 0 heterocycles. The lowest BCUT2D eigenvalue weighted by Gasteiger charge is -2.07. The van der Waals surface area contributed by atoms with E-state index in [-0.39, 0.29) is 5.91 Å². The van der Waals surface area contributed by atoms with Gasteiger partial charge in [-0.25, -0.2) is 0 Å². The fourth-order valence-corrected chi connectivity index (χ4v) is 1.47. The van der Waals surface area contributed by atoms with Gasteiger partial charge in [-0.15, -0.1) is 0 Å². The molecular weight excluding hydrogens is 249 g/mol. The molecule has 4 nitrogen and oxygen atoms in total. The molecule has 0 aliphatic heterocycles. The fourth-order valence-electron chi connectivity index (χ4n) is 1.02. The summed E-state index contributed by atoms with van der Waals surface area (Å²) >= 11 is 3.16. The maximum Gasteiger partial charge on any atom is 0.489 e. The Hall–Kier alpha value is -0.845. The lowest BCUT2D eigenvalue weighted by molar-refractivity contribution is -0.114. The topological polar surface area (TPSA) is 69.6 Å². The highest BCUT2D eigenvalue weighted by Crippen LogP contribution is 2.12. The van der Waals surface area contributed by atoms with Crippen LogP contribution in [0.2, 0.25) is 0 Å². The van der Waals surface area contributed by atoms with Crippen molar-refractivity contribution in [3.8, 4) is 0 Å². The summed E-state index contributed by atoms with van der Waals surface area (Å²) in [5.41, 5.74) is 0.847. The highest BCUT2D eigenvalue weighted by atomic mass is 79.9. The molecule has 3 N–H and O–H groups in total. The second kappa shape index (κ2) is 4.59. The molecule has 0 saturated heterocycles. The van der Waals surface area contributed by atoms with Crippen molar-refractivity contribution in [2.24, 2.45) is 0 Å². The molecule has 0 aliphatic carbocycles. The van der Waals surface area contributed by atoms with Crippen LogP contribution in [-0.4, -0.2) is 23.1 Å². The van der Waals surface area contributed by atoms with Crippen LogP contribution in [0.15, 0.2) is 22.7 Å². The number of carbonyl (C=O) groups is 1. The Morgan fingerprint density at radius 3 is 2.64 bits per heavy atom. The van der Waals surface area contributed by atoms with Crippen LogP contribution < -0.4 is 10.8 Å². The van der Waals surface area contributed by atoms with Crippen molar-refractivity contribution in [2.75, 3.05) is 5.32 Å². The molecular formula is C8H9BBrNO3. The Morgan fingerprint density at radius 2 is 2.14 bits per heavy atom. The molecule has 1 amide bonds. The summed E-state index contributed by atoms with van der Waals surface area (Å²) in [5.74, 6) is -0.203. The lowest BCUT2D eigenvalue weighted by atomic mass is 9.80. The molecule has 0 radical (unpaired) electrons. The minimum absolute atomic E-state index is 0.203. The molecule has 0 bridgehead atoms. The standard InChI is InChI=1S/C8H9BBrNO3/c1-5(12)11-6-2-3-8(10)7(4-6)9(13)14/h2-4,13-14H,1H3,(H,11,12). The Balaban J connectivity index is 3.00. The molecule has 0 saturated carbocycles. The number of anilines is 1. The maximum absolute atomic E-state index is 10.7. The SMILES string of the molecule is CC(=O)Nc1ccc(Br)c(B(O)O)c1. The van der Waals surface area contributed by atoms with Gasteiger partial charge < -0.3 is 15.4 Å². The van der Waals surface area contributed by atoms with Gasteiger partial charge in [0.05, 0.1) is 0 Å².